The van der Waals surface area contributed by atoms with Crippen molar-refractivity contribution >= 4 is 39.5 Å². The van der Waals surface area contributed by atoms with Crippen molar-refractivity contribution in [2.75, 3.05) is 39.6 Å². The highest BCUT2D eigenvalue weighted by molar-refractivity contribution is 7.47. The molecule has 564 valence electrons. The van der Waals surface area contributed by atoms with E-state index in [1.54, 1.807) is 0 Å². The zero-order valence-corrected chi connectivity index (χ0v) is 63.6. The second-order valence-corrected chi connectivity index (χ2v) is 30.8. The molecule has 0 aliphatic carbocycles. The summed E-state index contributed by atoms with van der Waals surface area (Å²) in [6.45, 7) is 7.24. The third-order valence-corrected chi connectivity index (χ3v) is 19.7. The van der Waals surface area contributed by atoms with Gasteiger partial charge in [-0.25, -0.2) is 9.13 Å². The van der Waals surface area contributed by atoms with Gasteiger partial charge in [-0.15, -0.1) is 0 Å². The van der Waals surface area contributed by atoms with Crippen LogP contribution in [0.5, 0.6) is 0 Å². The van der Waals surface area contributed by atoms with E-state index < -0.39 is 97.5 Å². The molecule has 0 aliphatic heterocycles. The quantitative estimate of drug-likeness (QED) is 0.0222. The van der Waals surface area contributed by atoms with Crippen LogP contribution in [0.1, 0.15) is 401 Å². The number of carbonyl (C=O) groups is 4. The van der Waals surface area contributed by atoms with Crippen LogP contribution < -0.4 is 0 Å². The van der Waals surface area contributed by atoms with Crippen molar-refractivity contribution in [3.05, 3.63) is 0 Å². The van der Waals surface area contributed by atoms with E-state index >= 15 is 0 Å². The van der Waals surface area contributed by atoms with Gasteiger partial charge in [-0.1, -0.05) is 349 Å². The van der Waals surface area contributed by atoms with E-state index in [1.807, 2.05) is 0 Å². The van der Waals surface area contributed by atoms with Crippen LogP contribution in [0.3, 0.4) is 0 Å². The second-order valence-electron chi connectivity index (χ2n) is 27.9. The second kappa shape index (κ2) is 69.2. The van der Waals surface area contributed by atoms with Crippen LogP contribution in [-0.4, -0.2) is 96.7 Å². The maximum Gasteiger partial charge on any atom is 0.472 e. The zero-order valence-electron chi connectivity index (χ0n) is 61.8. The molecule has 0 radical (unpaired) electrons. The molecule has 95 heavy (non-hydrogen) atoms. The van der Waals surface area contributed by atoms with Crippen LogP contribution in [0.2, 0.25) is 0 Å². The third kappa shape index (κ3) is 70.3. The average Bonchev–Trinajstić information content (AvgIpc) is 1.41. The highest BCUT2D eigenvalue weighted by Gasteiger charge is 2.30. The Morgan fingerprint density at radius 1 is 0.284 bits per heavy atom. The molecule has 2 unspecified atom stereocenters. The molecule has 5 atom stereocenters. The minimum Gasteiger partial charge on any atom is -0.462 e. The summed E-state index contributed by atoms with van der Waals surface area (Å²) in [5.74, 6) is -1.40. The maximum atomic E-state index is 13.1. The molecule has 0 fully saturated rings. The Bertz CT molecular complexity index is 1820. The monoisotopic (exact) mass is 1400 g/mol. The van der Waals surface area contributed by atoms with Gasteiger partial charge in [0.1, 0.15) is 19.3 Å². The molecular weight excluding hydrogens is 1250 g/mol. The molecule has 0 aromatic heterocycles. The first-order chi connectivity index (χ1) is 46.0. The summed E-state index contributed by atoms with van der Waals surface area (Å²) in [6, 6.07) is 0. The standard InChI is InChI=1S/C76H148O17P2/c1-6-9-12-15-18-21-24-26-27-28-29-30-31-32-33-35-37-40-46-51-56-61-75(80)92-71(65-87-74(79)60-55-50-45-39-36-34-25-22-19-16-13-10-7-2)67-90-94(82,83)88-63-70(77)64-89-95(84,85)91-68-72(66-86-73(78)59-54-49-44-38-23-20-17-14-11-8-3)93-76(81)62-57-52-47-42-41-43-48-53-58-69(4)5/h69-72,77H,6-68H2,1-5H3,(H,82,83)(H,84,85)/t70-,71-,72-/m1/s1. The van der Waals surface area contributed by atoms with Crippen molar-refractivity contribution < 1.29 is 80.2 Å². The van der Waals surface area contributed by atoms with Crippen LogP contribution in [0.4, 0.5) is 0 Å². The summed E-state index contributed by atoms with van der Waals surface area (Å²) in [4.78, 5) is 72.7. The Labute approximate surface area is 581 Å². The van der Waals surface area contributed by atoms with Gasteiger partial charge in [-0.2, -0.15) is 0 Å². The lowest BCUT2D eigenvalue weighted by molar-refractivity contribution is -0.161. The first-order valence-corrected chi connectivity index (χ1v) is 42.6. The molecule has 0 amide bonds. The molecule has 19 heteroatoms. The number of ether oxygens (including phenoxy) is 4. The predicted octanol–water partition coefficient (Wildman–Crippen LogP) is 22.5. The van der Waals surface area contributed by atoms with E-state index in [0.717, 1.165) is 95.8 Å². The molecular formula is C76H148O17P2. The van der Waals surface area contributed by atoms with Crippen LogP contribution in [0.25, 0.3) is 0 Å². The first-order valence-electron chi connectivity index (χ1n) is 39.6. The van der Waals surface area contributed by atoms with E-state index in [2.05, 4.69) is 34.6 Å². The van der Waals surface area contributed by atoms with E-state index in [4.69, 9.17) is 37.0 Å². The number of rotatable bonds is 76. The van der Waals surface area contributed by atoms with Crippen molar-refractivity contribution in [1.82, 2.24) is 0 Å². The number of aliphatic hydroxyl groups excluding tert-OH is 1. The van der Waals surface area contributed by atoms with Gasteiger partial charge in [0, 0.05) is 25.7 Å². The highest BCUT2D eigenvalue weighted by atomic mass is 31.2. The number of esters is 4. The van der Waals surface area contributed by atoms with Crippen molar-refractivity contribution in [3.8, 4) is 0 Å². The average molecular weight is 1400 g/mol. The summed E-state index contributed by atoms with van der Waals surface area (Å²) < 4.78 is 68.5. The first kappa shape index (κ1) is 93.1. The van der Waals surface area contributed by atoms with Gasteiger partial charge in [0.15, 0.2) is 12.2 Å². The van der Waals surface area contributed by atoms with Gasteiger partial charge < -0.3 is 33.8 Å². The fourth-order valence-electron chi connectivity index (χ4n) is 11.7. The van der Waals surface area contributed by atoms with Crippen molar-refractivity contribution in [2.45, 2.75) is 419 Å². The largest absolute Gasteiger partial charge is 0.472 e. The summed E-state index contributed by atoms with van der Waals surface area (Å²) in [5.41, 5.74) is 0. The molecule has 0 spiro atoms. The smallest absolute Gasteiger partial charge is 0.462 e. The van der Waals surface area contributed by atoms with Crippen molar-refractivity contribution in [2.24, 2.45) is 5.92 Å². The molecule has 0 heterocycles. The molecule has 0 saturated heterocycles. The fraction of sp³-hybridized carbons (Fsp3) is 0.947. The zero-order chi connectivity index (χ0) is 69.8. The van der Waals surface area contributed by atoms with Crippen LogP contribution >= 0.6 is 15.6 Å². The van der Waals surface area contributed by atoms with Crippen molar-refractivity contribution in [3.63, 3.8) is 0 Å². The van der Waals surface area contributed by atoms with Crippen molar-refractivity contribution in [1.29, 1.82) is 0 Å². The van der Waals surface area contributed by atoms with Gasteiger partial charge >= 0.3 is 39.5 Å². The molecule has 0 aromatic carbocycles. The lowest BCUT2D eigenvalue weighted by Gasteiger charge is -2.21. The molecule has 0 bridgehead atoms. The number of carbonyl (C=O) groups excluding carboxylic acids is 4. The molecule has 0 aliphatic rings. The van der Waals surface area contributed by atoms with Gasteiger partial charge in [-0.3, -0.25) is 37.3 Å². The minimum atomic E-state index is -4.96. The highest BCUT2D eigenvalue weighted by Crippen LogP contribution is 2.45. The van der Waals surface area contributed by atoms with Crippen LogP contribution in [-0.2, 0) is 65.4 Å². The van der Waals surface area contributed by atoms with E-state index in [9.17, 15) is 43.2 Å². The Morgan fingerprint density at radius 2 is 0.484 bits per heavy atom. The van der Waals surface area contributed by atoms with E-state index in [0.29, 0.717) is 25.7 Å². The lowest BCUT2D eigenvalue weighted by atomic mass is 10.0. The summed E-state index contributed by atoms with van der Waals surface area (Å²) >= 11 is 0. The Balaban J connectivity index is 5.19. The maximum absolute atomic E-state index is 13.1. The number of phosphoric acid groups is 2. The van der Waals surface area contributed by atoms with Crippen LogP contribution in [0.15, 0.2) is 0 Å². The number of phosphoric ester groups is 2. The predicted molar refractivity (Wildman–Crippen MR) is 386 cm³/mol. The van der Waals surface area contributed by atoms with Gasteiger partial charge in [-0.05, 0) is 31.6 Å². The van der Waals surface area contributed by atoms with E-state index in [1.165, 1.54) is 225 Å². The van der Waals surface area contributed by atoms with E-state index in [-0.39, 0.29) is 25.7 Å². The van der Waals surface area contributed by atoms with Gasteiger partial charge in [0.2, 0.25) is 0 Å². The normalized spacial score (nSPS) is 13.9. The number of hydrogen-bond donors (Lipinski definition) is 3. The number of unbranched alkanes of at least 4 members (excludes halogenated alkanes) is 48. The van der Waals surface area contributed by atoms with Gasteiger partial charge in [0.05, 0.1) is 26.4 Å². The number of aliphatic hydroxyl groups is 1. The van der Waals surface area contributed by atoms with Crippen LogP contribution in [0, 0.1) is 5.92 Å². The topological polar surface area (TPSA) is 237 Å². The Hall–Kier alpha value is -1.94. The lowest BCUT2D eigenvalue weighted by Crippen LogP contribution is -2.30. The summed E-state index contributed by atoms with van der Waals surface area (Å²) in [5, 5.41) is 10.6. The SMILES string of the molecule is CCCCCCCCCCCCCCCCCCCCCCCC(=O)O[C@H](COC(=O)CCCCCCCCCCCCCCC)COP(=O)(O)OC[C@@H](O)COP(=O)(O)OC[C@@H](COC(=O)CCCCCCCCCCCC)OC(=O)CCCCCCCCCCC(C)C. The minimum absolute atomic E-state index is 0.105. The fourth-order valence-corrected chi connectivity index (χ4v) is 13.3. The summed E-state index contributed by atoms with van der Waals surface area (Å²) in [7, 11) is -9.91. The third-order valence-electron chi connectivity index (χ3n) is 17.8. The Morgan fingerprint density at radius 3 is 0.716 bits per heavy atom. The molecule has 17 nitrogen and oxygen atoms in total. The molecule has 3 N–H and O–H groups in total. The van der Waals surface area contributed by atoms with Gasteiger partial charge in [0.25, 0.3) is 0 Å². The number of hydrogen-bond acceptors (Lipinski definition) is 15. The Kier molecular flexibility index (Phi) is 67.7. The molecule has 0 rings (SSSR count). The molecule has 0 saturated carbocycles. The molecule has 0 aromatic rings. The summed E-state index contributed by atoms with van der Waals surface area (Å²) in [6.07, 6.45) is 58.4.